The van der Waals surface area contributed by atoms with Gasteiger partial charge in [0.05, 0.1) is 18.8 Å². The van der Waals surface area contributed by atoms with Crippen molar-refractivity contribution in [3.63, 3.8) is 0 Å². The zero-order chi connectivity index (χ0) is 26.7. The van der Waals surface area contributed by atoms with Gasteiger partial charge in [0, 0.05) is 48.3 Å². The molecule has 2 N–H and O–H groups in total. The summed E-state index contributed by atoms with van der Waals surface area (Å²) in [6, 6.07) is 0.498. The highest BCUT2D eigenvalue weighted by atomic mass is 32.1. The maximum absolute atomic E-state index is 12.4. The molecule has 9 heteroatoms. The molecular weight excluding hydrogens is 496 g/mol. The molecule has 1 saturated heterocycles. The van der Waals surface area contributed by atoms with E-state index in [4.69, 9.17) is 4.74 Å². The van der Waals surface area contributed by atoms with Crippen LogP contribution in [-0.2, 0) is 9.53 Å². The van der Waals surface area contributed by atoms with E-state index in [-0.39, 0.29) is 5.91 Å². The molecule has 1 saturated carbocycles. The smallest absolute Gasteiger partial charge is 0.234 e. The second kappa shape index (κ2) is 9.77. The van der Waals surface area contributed by atoms with E-state index in [1.165, 1.54) is 55.0 Å². The van der Waals surface area contributed by atoms with Crippen LogP contribution in [0.3, 0.4) is 0 Å². The number of pyridine rings is 1. The van der Waals surface area contributed by atoms with Crippen LogP contribution in [0.4, 0.5) is 0 Å². The summed E-state index contributed by atoms with van der Waals surface area (Å²) in [5, 5.41) is 8.81. The molecule has 2 fully saturated rings. The van der Waals surface area contributed by atoms with E-state index in [2.05, 4.69) is 66.1 Å². The summed E-state index contributed by atoms with van der Waals surface area (Å²) >= 11 is 1.95. The van der Waals surface area contributed by atoms with E-state index in [0.29, 0.717) is 43.5 Å². The first-order chi connectivity index (χ1) is 18.3. The summed E-state index contributed by atoms with van der Waals surface area (Å²) in [7, 11) is 1.66. The number of amides is 1. The van der Waals surface area contributed by atoms with Gasteiger partial charge in [-0.1, -0.05) is 13.8 Å². The Bertz CT molecular complexity index is 1510. The Morgan fingerprint density at radius 3 is 2.76 bits per heavy atom. The van der Waals surface area contributed by atoms with Gasteiger partial charge in [0.2, 0.25) is 5.91 Å². The fourth-order valence-electron chi connectivity index (χ4n) is 6.94. The molecule has 5 heterocycles. The Labute approximate surface area is 227 Å². The fourth-order valence-corrected chi connectivity index (χ4v) is 8.37. The Kier molecular flexibility index (Phi) is 6.56. The summed E-state index contributed by atoms with van der Waals surface area (Å²) in [6.45, 7) is 13.9. The van der Waals surface area contributed by atoms with Crippen molar-refractivity contribution in [3.8, 4) is 11.3 Å². The van der Waals surface area contributed by atoms with Crippen molar-refractivity contribution in [1.82, 2.24) is 29.8 Å². The molecule has 38 heavy (non-hydrogen) atoms. The first-order valence-corrected chi connectivity index (χ1v) is 14.5. The minimum absolute atomic E-state index is 0.107. The number of hydrogen-bond acceptors (Lipinski definition) is 6. The molecule has 1 amide bonds. The number of aromatic nitrogens is 4. The molecule has 2 bridgehead atoms. The van der Waals surface area contributed by atoms with Crippen LogP contribution in [0.25, 0.3) is 27.1 Å². The zero-order valence-electron chi connectivity index (χ0n) is 23.2. The van der Waals surface area contributed by atoms with Gasteiger partial charge in [0.25, 0.3) is 0 Å². The number of hydrogen-bond donors (Lipinski definition) is 2. The van der Waals surface area contributed by atoms with Gasteiger partial charge in [-0.05, 0) is 73.6 Å². The summed E-state index contributed by atoms with van der Waals surface area (Å²) in [4.78, 5) is 25.9. The number of rotatable bonds is 8. The van der Waals surface area contributed by atoms with Gasteiger partial charge in [-0.2, -0.15) is 5.10 Å². The maximum atomic E-state index is 12.4. The molecule has 1 aliphatic heterocycles. The van der Waals surface area contributed by atoms with Crippen molar-refractivity contribution in [1.29, 1.82) is 0 Å². The van der Waals surface area contributed by atoms with Crippen molar-refractivity contribution in [2.75, 3.05) is 33.4 Å². The van der Waals surface area contributed by atoms with Gasteiger partial charge >= 0.3 is 0 Å². The van der Waals surface area contributed by atoms with E-state index in [9.17, 15) is 4.79 Å². The monoisotopic (exact) mass is 534 g/mol. The Morgan fingerprint density at radius 2 is 2.05 bits per heavy atom. The van der Waals surface area contributed by atoms with Gasteiger partial charge in [0.1, 0.15) is 11.2 Å². The molecule has 4 aromatic heterocycles. The van der Waals surface area contributed by atoms with Gasteiger partial charge in [-0.25, -0.2) is 9.50 Å². The first kappa shape index (κ1) is 25.5. The Balaban J connectivity index is 1.29. The van der Waals surface area contributed by atoms with E-state index in [0.717, 1.165) is 18.6 Å². The third-order valence-corrected chi connectivity index (χ3v) is 10.2. The highest BCUT2D eigenvalue weighted by molar-refractivity contribution is 7.19. The van der Waals surface area contributed by atoms with E-state index in [1.807, 2.05) is 15.9 Å². The number of carbonyl (C=O) groups excluding carboxylic acids is 1. The van der Waals surface area contributed by atoms with Gasteiger partial charge in [-0.15, -0.1) is 11.3 Å². The molecule has 0 aromatic carbocycles. The lowest BCUT2D eigenvalue weighted by Crippen LogP contribution is -2.43. The first-order valence-electron chi connectivity index (χ1n) is 13.7. The lowest BCUT2D eigenvalue weighted by molar-refractivity contribution is -0.122. The predicted molar refractivity (Wildman–Crippen MR) is 152 cm³/mol. The minimum Gasteiger partial charge on any atom is -0.383 e. The van der Waals surface area contributed by atoms with E-state index in [1.54, 1.807) is 13.4 Å². The SMILES string of the molecule is COCCNC(=O)CN1C[C@@H]2C[C@H]1C[C@H]2c1sc2[nH]c(-c3cn4ncnc4c(C)c3C)c(C(C)C)c2c1C. The largest absolute Gasteiger partial charge is 0.383 e. The molecule has 6 rings (SSSR count). The molecule has 4 aromatic rings. The number of carbonyl (C=O) groups is 1. The molecule has 1 aliphatic carbocycles. The lowest BCUT2D eigenvalue weighted by atomic mass is 9.88. The lowest BCUT2D eigenvalue weighted by Gasteiger charge is -2.31. The number of H-pyrrole nitrogens is 1. The quantitative estimate of drug-likeness (QED) is 0.313. The van der Waals surface area contributed by atoms with Crippen molar-refractivity contribution in [2.45, 2.75) is 65.3 Å². The average Bonchev–Trinajstić information content (AvgIpc) is 3.68. The van der Waals surface area contributed by atoms with E-state index < -0.39 is 0 Å². The van der Waals surface area contributed by atoms with Crippen LogP contribution < -0.4 is 5.32 Å². The number of ether oxygens (including phenoxy) is 1. The van der Waals surface area contributed by atoms with Crippen LogP contribution in [0.15, 0.2) is 12.5 Å². The molecule has 2 aliphatic rings. The number of piperidine rings is 1. The van der Waals surface area contributed by atoms with Crippen molar-refractivity contribution in [3.05, 3.63) is 39.7 Å². The molecule has 8 nitrogen and oxygen atoms in total. The van der Waals surface area contributed by atoms with Gasteiger partial charge in [0.15, 0.2) is 5.65 Å². The van der Waals surface area contributed by atoms with Gasteiger partial charge in [-0.3, -0.25) is 9.69 Å². The standard InChI is InChI=1S/C29H38N6O2S/c1-15(2)24-25-18(5)27(21-10-20-9-19(21)11-34(20)13-23(36)30-7-8-37-6)38-29(25)33-26(24)22-12-35-28(31-14-32-35)17(4)16(22)3/h12,14-15,19-21,33H,7-11,13H2,1-6H3,(H,30,36)/t19-,20-,21+/m0/s1. The third kappa shape index (κ3) is 4.06. The molecule has 0 spiro atoms. The van der Waals surface area contributed by atoms with Crippen molar-refractivity contribution < 1.29 is 9.53 Å². The van der Waals surface area contributed by atoms with Crippen LogP contribution in [0, 0.1) is 26.7 Å². The number of nitrogens with zero attached hydrogens (tertiary/aromatic N) is 4. The fraction of sp³-hybridized carbons (Fsp3) is 0.552. The number of aromatic amines is 1. The molecule has 3 atom stereocenters. The second-order valence-corrected chi connectivity index (χ2v) is 12.5. The van der Waals surface area contributed by atoms with Crippen LogP contribution in [0.2, 0.25) is 0 Å². The van der Waals surface area contributed by atoms with Gasteiger partial charge < -0.3 is 15.0 Å². The predicted octanol–water partition coefficient (Wildman–Crippen LogP) is 4.93. The highest BCUT2D eigenvalue weighted by Gasteiger charge is 2.46. The average molecular weight is 535 g/mol. The van der Waals surface area contributed by atoms with E-state index >= 15 is 0 Å². The molecule has 0 radical (unpaired) electrons. The van der Waals surface area contributed by atoms with Crippen LogP contribution in [-0.4, -0.2) is 69.8 Å². The normalized spacial score (nSPS) is 21.5. The number of aryl methyl sites for hydroxylation is 2. The third-order valence-electron chi connectivity index (χ3n) is 8.90. The number of thiophene rings is 1. The summed E-state index contributed by atoms with van der Waals surface area (Å²) in [6.07, 6.45) is 6.09. The number of methoxy groups -OCH3 is 1. The van der Waals surface area contributed by atoms with Crippen molar-refractivity contribution in [2.24, 2.45) is 5.92 Å². The zero-order valence-corrected chi connectivity index (χ0v) is 24.0. The van der Waals surface area contributed by atoms with Crippen LogP contribution >= 0.6 is 11.3 Å². The summed E-state index contributed by atoms with van der Waals surface area (Å²) in [5.74, 6) is 1.70. The number of likely N-dealkylation sites (tertiary alicyclic amines) is 1. The molecule has 202 valence electrons. The molecular formula is C29H38N6O2S. The minimum atomic E-state index is 0.107. The molecule has 0 unspecified atom stereocenters. The number of fused-ring (bicyclic) bond motifs is 4. The maximum Gasteiger partial charge on any atom is 0.234 e. The Morgan fingerprint density at radius 1 is 1.24 bits per heavy atom. The summed E-state index contributed by atoms with van der Waals surface area (Å²) in [5.41, 5.74) is 8.60. The topological polar surface area (TPSA) is 87.5 Å². The van der Waals surface area contributed by atoms with Crippen LogP contribution in [0.5, 0.6) is 0 Å². The second-order valence-electron chi connectivity index (χ2n) is 11.4. The highest BCUT2D eigenvalue weighted by Crippen LogP contribution is 2.53. The summed E-state index contributed by atoms with van der Waals surface area (Å²) < 4.78 is 6.94. The Hall–Kier alpha value is -2.75. The van der Waals surface area contributed by atoms with Crippen molar-refractivity contribution >= 4 is 33.1 Å². The van der Waals surface area contributed by atoms with Crippen LogP contribution in [0.1, 0.15) is 65.7 Å². The number of nitrogens with one attached hydrogen (secondary N) is 2.